The smallest absolute Gasteiger partial charge is 0.255 e. The molecule has 0 fully saturated rings. The van der Waals surface area contributed by atoms with Crippen molar-refractivity contribution in [3.8, 4) is 5.75 Å². The number of hydrogen-bond donors (Lipinski definition) is 2. The molecule has 0 aromatic heterocycles. The molecule has 0 heterocycles. The van der Waals surface area contributed by atoms with Crippen LogP contribution in [0.2, 0.25) is 0 Å². The average molecular weight is 298 g/mol. The number of likely N-dealkylation sites (N-methyl/N-ethyl adjacent to an activating group) is 1. The number of amides is 1. The lowest BCUT2D eigenvalue weighted by molar-refractivity contribution is 0.0949. The standard InChI is InChI=1S/C18H22N2O2/c1-13-9-10-17(21)16(11-13)18(22)19-12-14(2)20(3)15-7-5-4-6-8-15/h4-11,14,21H,12H2,1-3H3,(H,19,22)/t14-/m1/s1. The first-order valence-electron chi connectivity index (χ1n) is 7.34. The number of carbonyl (C=O) groups excluding carboxylic acids is 1. The fourth-order valence-electron chi connectivity index (χ4n) is 2.22. The summed E-state index contributed by atoms with van der Waals surface area (Å²) in [7, 11) is 2.00. The summed E-state index contributed by atoms with van der Waals surface area (Å²) >= 11 is 0. The molecule has 116 valence electrons. The van der Waals surface area contributed by atoms with Crippen molar-refractivity contribution in [3.05, 3.63) is 59.7 Å². The quantitative estimate of drug-likeness (QED) is 0.892. The van der Waals surface area contributed by atoms with Gasteiger partial charge in [-0.3, -0.25) is 4.79 Å². The van der Waals surface area contributed by atoms with Gasteiger partial charge in [0, 0.05) is 25.3 Å². The van der Waals surface area contributed by atoms with E-state index < -0.39 is 0 Å². The van der Waals surface area contributed by atoms with Crippen LogP contribution in [0.3, 0.4) is 0 Å². The monoisotopic (exact) mass is 298 g/mol. The Labute approximate surface area is 131 Å². The van der Waals surface area contributed by atoms with Crippen molar-refractivity contribution in [1.82, 2.24) is 5.32 Å². The second-order valence-electron chi connectivity index (χ2n) is 5.53. The summed E-state index contributed by atoms with van der Waals surface area (Å²) in [6.45, 7) is 4.43. The zero-order valence-electron chi connectivity index (χ0n) is 13.2. The number of para-hydroxylation sites is 1. The van der Waals surface area contributed by atoms with Crippen LogP contribution in [0.25, 0.3) is 0 Å². The minimum atomic E-state index is -0.255. The number of anilines is 1. The van der Waals surface area contributed by atoms with Gasteiger partial charge in [-0.1, -0.05) is 29.8 Å². The van der Waals surface area contributed by atoms with Crippen molar-refractivity contribution in [2.24, 2.45) is 0 Å². The van der Waals surface area contributed by atoms with Crippen LogP contribution in [0.15, 0.2) is 48.5 Å². The first kappa shape index (κ1) is 15.9. The third kappa shape index (κ3) is 3.79. The molecule has 0 saturated heterocycles. The van der Waals surface area contributed by atoms with Crippen molar-refractivity contribution in [1.29, 1.82) is 0 Å². The molecule has 0 aliphatic rings. The summed E-state index contributed by atoms with van der Waals surface area (Å²) in [5.74, 6) is -0.248. The largest absolute Gasteiger partial charge is 0.507 e. The number of benzene rings is 2. The third-order valence-corrected chi connectivity index (χ3v) is 3.78. The lowest BCUT2D eigenvalue weighted by Crippen LogP contribution is -2.40. The Hall–Kier alpha value is -2.49. The van der Waals surface area contributed by atoms with Gasteiger partial charge in [-0.15, -0.1) is 0 Å². The number of rotatable bonds is 5. The molecule has 2 aromatic rings. The number of carbonyl (C=O) groups is 1. The maximum absolute atomic E-state index is 12.2. The van der Waals surface area contributed by atoms with Crippen LogP contribution in [-0.2, 0) is 0 Å². The van der Waals surface area contributed by atoms with Crippen molar-refractivity contribution >= 4 is 11.6 Å². The number of aryl methyl sites for hydroxylation is 1. The molecule has 0 saturated carbocycles. The molecular formula is C18H22N2O2. The molecule has 0 aliphatic carbocycles. The van der Waals surface area contributed by atoms with Crippen LogP contribution in [0.1, 0.15) is 22.8 Å². The van der Waals surface area contributed by atoms with Gasteiger partial charge in [0.25, 0.3) is 5.91 Å². The number of hydrogen-bond acceptors (Lipinski definition) is 3. The van der Waals surface area contributed by atoms with Gasteiger partial charge in [0.05, 0.1) is 5.56 Å². The summed E-state index contributed by atoms with van der Waals surface area (Å²) in [6.07, 6.45) is 0. The molecule has 0 radical (unpaired) electrons. The molecule has 0 bridgehead atoms. The van der Waals surface area contributed by atoms with E-state index in [4.69, 9.17) is 0 Å². The number of nitrogens with one attached hydrogen (secondary N) is 1. The Kier molecular flexibility index (Phi) is 5.04. The highest BCUT2D eigenvalue weighted by molar-refractivity contribution is 5.97. The zero-order chi connectivity index (χ0) is 16.1. The molecule has 2 N–H and O–H groups in total. The van der Waals surface area contributed by atoms with Crippen LogP contribution >= 0.6 is 0 Å². The van der Waals surface area contributed by atoms with E-state index >= 15 is 0 Å². The van der Waals surface area contributed by atoms with Crippen LogP contribution in [0.4, 0.5) is 5.69 Å². The van der Waals surface area contributed by atoms with E-state index in [0.29, 0.717) is 12.1 Å². The van der Waals surface area contributed by atoms with Crippen LogP contribution in [-0.4, -0.2) is 30.6 Å². The molecule has 0 aliphatic heterocycles. The minimum Gasteiger partial charge on any atom is -0.507 e. The van der Waals surface area contributed by atoms with Crippen molar-refractivity contribution < 1.29 is 9.90 Å². The number of phenolic OH excluding ortho intramolecular Hbond substituents is 1. The molecular weight excluding hydrogens is 276 g/mol. The highest BCUT2D eigenvalue weighted by Gasteiger charge is 2.14. The minimum absolute atomic E-state index is 0.00664. The molecule has 4 heteroatoms. The van der Waals surface area contributed by atoms with Gasteiger partial charge in [-0.2, -0.15) is 0 Å². The van der Waals surface area contributed by atoms with Gasteiger partial charge >= 0.3 is 0 Å². The van der Waals surface area contributed by atoms with Crippen molar-refractivity contribution in [2.75, 3.05) is 18.5 Å². The van der Waals surface area contributed by atoms with E-state index in [-0.39, 0.29) is 17.7 Å². The van der Waals surface area contributed by atoms with Crippen LogP contribution in [0.5, 0.6) is 5.75 Å². The fourth-order valence-corrected chi connectivity index (χ4v) is 2.22. The summed E-state index contributed by atoms with van der Waals surface area (Å²) in [5, 5.41) is 12.7. The second kappa shape index (κ2) is 6.98. The van der Waals surface area contributed by atoms with Crippen LogP contribution < -0.4 is 10.2 Å². The second-order valence-corrected chi connectivity index (χ2v) is 5.53. The lowest BCUT2D eigenvalue weighted by Gasteiger charge is -2.27. The number of nitrogens with zero attached hydrogens (tertiary/aromatic N) is 1. The summed E-state index contributed by atoms with van der Waals surface area (Å²) in [6, 6.07) is 15.2. The normalized spacial score (nSPS) is 11.8. The molecule has 0 unspecified atom stereocenters. The third-order valence-electron chi connectivity index (χ3n) is 3.78. The maximum atomic E-state index is 12.2. The topological polar surface area (TPSA) is 52.6 Å². The Morgan fingerprint density at radius 3 is 2.59 bits per heavy atom. The Balaban J connectivity index is 1.97. The highest BCUT2D eigenvalue weighted by Crippen LogP contribution is 2.18. The summed E-state index contributed by atoms with van der Waals surface area (Å²) in [4.78, 5) is 14.3. The highest BCUT2D eigenvalue weighted by atomic mass is 16.3. The lowest BCUT2D eigenvalue weighted by atomic mass is 10.1. The van der Waals surface area contributed by atoms with E-state index in [2.05, 4.69) is 10.2 Å². The summed E-state index contributed by atoms with van der Waals surface area (Å²) in [5.41, 5.74) is 2.36. The summed E-state index contributed by atoms with van der Waals surface area (Å²) < 4.78 is 0. The average Bonchev–Trinajstić information content (AvgIpc) is 2.54. The van der Waals surface area contributed by atoms with Crippen LogP contribution in [0, 0.1) is 6.92 Å². The van der Waals surface area contributed by atoms with E-state index in [0.717, 1.165) is 11.3 Å². The maximum Gasteiger partial charge on any atom is 0.255 e. The Morgan fingerprint density at radius 1 is 1.23 bits per heavy atom. The van der Waals surface area contributed by atoms with E-state index in [9.17, 15) is 9.90 Å². The Morgan fingerprint density at radius 2 is 1.91 bits per heavy atom. The molecule has 2 rings (SSSR count). The molecule has 1 amide bonds. The van der Waals surface area contributed by atoms with Gasteiger partial charge in [0.2, 0.25) is 0 Å². The number of aromatic hydroxyl groups is 1. The first-order chi connectivity index (χ1) is 10.5. The van der Waals surface area contributed by atoms with Gasteiger partial charge in [-0.25, -0.2) is 0 Å². The van der Waals surface area contributed by atoms with Gasteiger partial charge in [0.15, 0.2) is 0 Å². The van der Waals surface area contributed by atoms with E-state index in [1.54, 1.807) is 18.2 Å². The fraction of sp³-hybridized carbons (Fsp3) is 0.278. The molecule has 2 aromatic carbocycles. The molecule has 0 spiro atoms. The number of phenols is 1. The first-order valence-corrected chi connectivity index (χ1v) is 7.34. The molecule has 4 nitrogen and oxygen atoms in total. The Bertz CT molecular complexity index is 641. The zero-order valence-corrected chi connectivity index (χ0v) is 13.2. The predicted molar refractivity (Wildman–Crippen MR) is 89.5 cm³/mol. The van der Waals surface area contributed by atoms with E-state index in [1.807, 2.05) is 51.2 Å². The van der Waals surface area contributed by atoms with Crippen molar-refractivity contribution in [3.63, 3.8) is 0 Å². The van der Waals surface area contributed by atoms with Gasteiger partial charge < -0.3 is 15.3 Å². The molecule has 1 atom stereocenters. The molecule has 22 heavy (non-hydrogen) atoms. The predicted octanol–water partition coefficient (Wildman–Crippen LogP) is 2.96. The van der Waals surface area contributed by atoms with Gasteiger partial charge in [-0.05, 0) is 38.1 Å². The van der Waals surface area contributed by atoms with E-state index in [1.165, 1.54) is 0 Å². The van der Waals surface area contributed by atoms with Gasteiger partial charge in [0.1, 0.15) is 5.75 Å². The SMILES string of the molecule is Cc1ccc(O)c(C(=O)NC[C@@H](C)N(C)c2ccccc2)c1. The van der Waals surface area contributed by atoms with Crippen molar-refractivity contribution in [2.45, 2.75) is 19.9 Å².